The quantitative estimate of drug-likeness (QED) is 0.849. The monoisotopic (exact) mass is 307 g/mol. The van der Waals surface area contributed by atoms with Gasteiger partial charge >= 0.3 is 0 Å². The van der Waals surface area contributed by atoms with E-state index >= 15 is 0 Å². The van der Waals surface area contributed by atoms with Gasteiger partial charge in [0.2, 0.25) is 0 Å². The SMILES string of the molecule is CN(Cc1nnc(C2CC2)n1C)[C@H]1CCN(CC(C)(C)O)C1. The molecule has 0 bridgehead atoms. The maximum absolute atomic E-state index is 9.96. The summed E-state index contributed by atoms with van der Waals surface area (Å²) in [4.78, 5) is 4.73. The van der Waals surface area contributed by atoms with Crippen molar-refractivity contribution in [2.45, 2.75) is 57.2 Å². The van der Waals surface area contributed by atoms with E-state index in [1.807, 2.05) is 13.8 Å². The Balaban J connectivity index is 1.55. The van der Waals surface area contributed by atoms with Crippen LogP contribution in [0.15, 0.2) is 0 Å². The lowest BCUT2D eigenvalue weighted by atomic mass is 10.1. The zero-order valence-corrected chi connectivity index (χ0v) is 14.3. The molecule has 1 N–H and O–H groups in total. The first-order valence-corrected chi connectivity index (χ1v) is 8.36. The third kappa shape index (κ3) is 3.67. The third-order valence-electron chi connectivity index (χ3n) is 4.81. The molecule has 22 heavy (non-hydrogen) atoms. The number of aromatic nitrogens is 3. The number of likely N-dealkylation sites (tertiary alicyclic amines) is 1. The van der Waals surface area contributed by atoms with E-state index in [1.54, 1.807) is 0 Å². The van der Waals surface area contributed by atoms with Crippen LogP contribution in [0.2, 0.25) is 0 Å². The van der Waals surface area contributed by atoms with Gasteiger partial charge in [0.25, 0.3) is 0 Å². The summed E-state index contributed by atoms with van der Waals surface area (Å²) in [6.07, 6.45) is 3.67. The molecule has 1 saturated heterocycles. The van der Waals surface area contributed by atoms with Gasteiger partial charge in [-0.15, -0.1) is 10.2 Å². The van der Waals surface area contributed by atoms with Crippen LogP contribution in [0.3, 0.4) is 0 Å². The topological polar surface area (TPSA) is 57.4 Å². The van der Waals surface area contributed by atoms with E-state index in [0.29, 0.717) is 12.0 Å². The smallest absolute Gasteiger partial charge is 0.146 e. The van der Waals surface area contributed by atoms with Crippen LogP contribution >= 0.6 is 0 Å². The molecule has 0 aromatic carbocycles. The minimum absolute atomic E-state index is 0.531. The lowest BCUT2D eigenvalue weighted by Gasteiger charge is -2.27. The zero-order chi connectivity index (χ0) is 15.9. The minimum atomic E-state index is -0.615. The molecular formula is C16H29N5O. The number of nitrogens with zero attached hydrogens (tertiary/aromatic N) is 5. The molecule has 0 radical (unpaired) electrons. The van der Waals surface area contributed by atoms with Crippen molar-refractivity contribution in [1.29, 1.82) is 0 Å². The molecule has 1 atom stereocenters. The molecule has 0 unspecified atom stereocenters. The second-order valence-corrected chi connectivity index (χ2v) is 7.71. The normalized spacial score (nSPS) is 23.6. The van der Waals surface area contributed by atoms with E-state index in [2.05, 4.69) is 38.7 Å². The van der Waals surface area contributed by atoms with E-state index < -0.39 is 5.60 Å². The average molecular weight is 307 g/mol. The first-order valence-electron chi connectivity index (χ1n) is 8.36. The second kappa shape index (κ2) is 5.91. The summed E-state index contributed by atoms with van der Waals surface area (Å²) in [7, 11) is 4.26. The van der Waals surface area contributed by atoms with Crippen molar-refractivity contribution in [2.75, 3.05) is 26.7 Å². The molecule has 6 nitrogen and oxygen atoms in total. The predicted molar refractivity (Wildman–Crippen MR) is 85.6 cm³/mol. The molecule has 1 aliphatic carbocycles. The minimum Gasteiger partial charge on any atom is -0.389 e. The van der Waals surface area contributed by atoms with Gasteiger partial charge in [-0.3, -0.25) is 9.80 Å². The maximum Gasteiger partial charge on any atom is 0.146 e. The van der Waals surface area contributed by atoms with Crippen molar-refractivity contribution in [2.24, 2.45) is 7.05 Å². The number of likely N-dealkylation sites (N-methyl/N-ethyl adjacent to an activating group) is 1. The maximum atomic E-state index is 9.96. The lowest BCUT2D eigenvalue weighted by molar-refractivity contribution is 0.0415. The Kier molecular flexibility index (Phi) is 4.27. The molecule has 2 heterocycles. The Morgan fingerprint density at radius 1 is 1.27 bits per heavy atom. The van der Waals surface area contributed by atoms with Gasteiger partial charge in [-0.05, 0) is 46.7 Å². The van der Waals surface area contributed by atoms with E-state index in [0.717, 1.165) is 44.2 Å². The molecule has 1 aliphatic heterocycles. The number of β-amino-alcohol motifs (C(OH)–C–C–N with tert-alkyl or cyclic N) is 1. The molecule has 1 saturated carbocycles. The van der Waals surface area contributed by atoms with Crippen molar-refractivity contribution < 1.29 is 5.11 Å². The molecule has 2 fully saturated rings. The van der Waals surface area contributed by atoms with Crippen LogP contribution in [0, 0.1) is 0 Å². The lowest BCUT2D eigenvalue weighted by Crippen LogP contribution is -2.40. The van der Waals surface area contributed by atoms with Crippen LogP contribution < -0.4 is 0 Å². The fraction of sp³-hybridized carbons (Fsp3) is 0.875. The fourth-order valence-electron chi connectivity index (χ4n) is 3.43. The number of aliphatic hydroxyl groups is 1. The Morgan fingerprint density at radius 3 is 2.64 bits per heavy atom. The highest BCUT2D eigenvalue weighted by atomic mass is 16.3. The van der Waals surface area contributed by atoms with E-state index in [1.165, 1.54) is 12.8 Å². The highest BCUT2D eigenvalue weighted by Crippen LogP contribution is 2.38. The van der Waals surface area contributed by atoms with E-state index in [-0.39, 0.29) is 0 Å². The highest BCUT2D eigenvalue weighted by Gasteiger charge is 2.31. The van der Waals surface area contributed by atoms with Gasteiger partial charge in [0.1, 0.15) is 11.6 Å². The Labute approximate surface area is 133 Å². The Hall–Kier alpha value is -0.980. The van der Waals surface area contributed by atoms with E-state index in [9.17, 15) is 5.11 Å². The number of rotatable bonds is 6. The number of hydrogen-bond donors (Lipinski definition) is 1. The van der Waals surface area contributed by atoms with Crippen LogP contribution in [-0.4, -0.2) is 68.0 Å². The van der Waals surface area contributed by atoms with Gasteiger partial charge in [0, 0.05) is 32.1 Å². The van der Waals surface area contributed by atoms with Gasteiger partial charge in [-0.1, -0.05) is 0 Å². The van der Waals surface area contributed by atoms with Crippen molar-refractivity contribution in [1.82, 2.24) is 24.6 Å². The summed E-state index contributed by atoms with van der Waals surface area (Å²) in [5, 5.41) is 18.7. The summed E-state index contributed by atoms with van der Waals surface area (Å²) in [5.74, 6) is 2.86. The molecule has 2 aliphatic rings. The molecular weight excluding hydrogens is 278 g/mol. The average Bonchev–Trinajstić information content (AvgIpc) is 3.05. The molecule has 1 aromatic heterocycles. The molecule has 1 aromatic rings. The van der Waals surface area contributed by atoms with Gasteiger partial charge in [0.15, 0.2) is 0 Å². The largest absolute Gasteiger partial charge is 0.389 e. The molecule has 3 rings (SSSR count). The van der Waals surface area contributed by atoms with Crippen LogP contribution in [0.25, 0.3) is 0 Å². The van der Waals surface area contributed by atoms with Crippen molar-refractivity contribution >= 4 is 0 Å². The summed E-state index contributed by atoms with van der Waals surface area (Å²) >= 11 is 0. The van der Waals surface area contributed by atoms with Crippen molar-refractivity contribution in [3.63, 3.8) is 0 Å². The Morgan fingerprint density at radius 2 is 2.00 bits per heavy atom. The Bertz CT molecular complexity index is 517. The molecule has 0 amide bonds. The van der Waals surface area contributed by atoms with Gasteiger partial charge in [0.05, 0.1) is 12.1 Å². The van der Waals surface area contributed by atoms with Crippen LogP contribution in [0.5, 0.6) is 0 Å². The molecule has 0 spiro atoms. The third-order valence-corrected chi connectivity index (χ3v) is 4.81. The molecule has 124 valence electrons. The van der Waals surface area contributed by atoms with Gasteiger partial charge in [-0.25, -0.2) is 0 Å². The summed E-state index contributed by atoms with van der Waals surface area (Å²) < 4.78 is 2.18. The molecule has 6 heteroatoms. The standard InChI is InChI=1S/C16H29N5O/c1-16(2,22)11-21-8-7-13(9-21)19(3)10-14-17-18-15(20(14)4)12-5-6-12/h12-13,22H,5-11H2,1-4H3/t13-/m0/s1. The van der Waals surface area contributed by atoms with Crippen LogP contribution in [-0.2, 0) is 13.6 Å². The van der Waals surface area contributed by atoms with E-state index in [4.69, 9.17) is 0 Å². The second-order valence-electron chi connectivity index (χ2n) is 7.71. The summed E-state index contributed by atoms with van der Waals surface area (Å²) in [6.45, 7) is 7.43. The number of hydrogen-bond acceptors (Lipinski definition) is 5. The summed E-state index contributed by atoms with van der Waals surface area (Å²) in [6, 6.07) is 0.531. The fourth-order valence-corrected chi connectivity index (χ4v) is 3.43. The summed E-state index contributed by atoms with van der Waals surface area (Å²) in [5.41, 5.74) is -0.615. The first kappa shape index (κ1) is 15.9. The first-order chi connectivity index (χ1) is 10.3. The van der Waals surface area contributed by atoms with Crippen molar-refractivity contribution in [3.05, 3.63) is 11.6 Å². The van der Waals surface area contributed by atoms with Crippen LogP contribution in [0.1, 0.15) is 50.7 Å². The van der Waals surface area contributed by atoms with Gasteiger partial charge in [-0.2, -0.15) is 0 Å². The zero-order valence-electron chi connectivity index (χ0n) is 14.3. The van der Waals surface area contributed by atoms with Crippen molar-refractivity contribution in [3.8, 4) is 0 Å². The highest BCUT2D eigenvalue weighted by molar-refractivity contribution is 5.07. The van der Waals surface area contributed by atoms with Gasteiger partial charge < -0.3 is 9.67 Å². The van der Waals surface area contributed by atoms with Crippen LogP contribution in [0.4, 0.5) is 0 Å². The predicted octanol–water partition coefficient (Wildman–Crippen LogP) is 0.969.